The molecule has 0 aliphatic heterocycles. The lowest BCUT2D eigenvalue weighted by molar-refractivity contribution is -0.277. The maximum Gasteiger partial charge on any atom is 0.465 e. The first kappa shape index (κ1) is 23.9. The van der Waals surface area contributed by atoms with Crippen LogP contribution in [0.5, 0.6) is 11.5 Å². The average Bonchev–Trinajstić information content (AvgIpc) is 2.60. The highest BCUT2D eigenvalue weighted by Crippen LogP contribution is 2.41. The van der Waals surface area contributed by atoms with E-state index in [4.69, 9.17) is 0 Å². The number of ether oxygens (including phenoxy) is 2. The summed E-state index contributed by atoms with van der Waals surface area (Å²) >= 11 is 0. The Hall–Kier alpha value is -3.33. The summed E-state index contributed by atoms with van der Waals surface area (Å²) in [5.74, 6) is -22.2. The van der Waals surface area contributed by atoms with Crippen molar-refractivity contribution in [1.82, 2.24) is 0 Å². The molecule has 0 radical (unpaired) electrons. The normalized spacial score (nSPS) is 13.2. The zero-order chi connectivity index (χ0) is 24.0. The lowest BCUT2D eigenvalue weighted by atomic mass is 10.2. The molecule has 0 bridgehead atoms. The maximum absolute atomic E-state index is 13.1. The molecular weight excluding hydrogens is 466 g/mol. The van der Waals surface area contributed by atoms with Gasteiger partial charge in [0, 0.05) is 17.5 Å². The quantitative estimate of drug-likeness (QED) is 0.291. The monoisotopic (exact) mass is 470 g/mol. The predicted molar refractivity (Wildman–Crippen MR) is 75.8 cm³/mol. The van der Waals surface area contributed by atoms with Gasteiger partial charge in [0.2, 0.25) is 0 Å². The Kier molecular flexibility index (Phi) is 5.73. The Labute approximate surface area is 161 Å². The minimum absolute atomic E-state index is 0.190. The standard InChI is InChI=1S/C15H4F10O6/c16-12(17,14(20,21)22)10(27)30-7-3-5-1-2-9(26)29-6(5)4-8(7)31-11(28)13(18,19)15(23,24)25/h1-4H. The molecule has 0 aliphatic rings. The minimum atomic E-state index is -6.48. The topological polar surface area (TPSA) is 82.8 Å². The van der Waals surface area contributed by atoms with Crippen molar-refractivity contribution in [2.45, 2.75) is 24.2 Å². The van der Waals surface area contributed by atoms with Crippen LogP contribution in [0.25, 0.3) is 11.0 Å². The number of alkyl halides is 10. The molecule has 0 amide bonds. The molecule has 1 aromatic heterocycles. The molecule has 0 N–H and O–H groups in total. The van der Waals surface area contributed by atoms with Gasteiger partial charge in [-0.15, -0.1) is 0 Å². The van der Waals surface area contributed by atoms with Crippen LogP contribution in [0.3, 0.4) is 0 Å². The molecule has 0 saturated heterocycles. The van der Waals surface area contributed by atoms with E-state index in [9.17, 15) is 58.3 Å². The summed E-state index contributed by atoms with van der Waals surface area (Å²) in [5.41, 5.74) is -1.83. The molecule has 0 saturated carbocycles. The van der Waals surface area contributed by atoms with Crippen LogP contribution in [-0.2, 0) is 9.59 Å². The van der Waals surface area contributed by atoms with E-state index in [1.54, 1.807) is 0 Å². The van der Waals surface area contributed by atoms with Gasteiger partial charge in [0.25, 0.3) is 0 Å². The fraction of sp³-hybridized carbons (Fsp3) is 0.267. The third kappa shape index (κ3) is 4.56. The van der Waals surface area contributed by atoms with Crippen LogP contribution in [-0.4, -0.2) is 36.1 Å². The highest BCUT2D eigenvalue weighted by atomic mass is 19.4. The second-order valence-corrected chi connectivity index (χ2v) is 5.51. The molecule has 170 valence electrons. The lowest BCUT2D eigenvalue weighted by Gasteiger charge is -2.20. The number of carbonyl (C=O) groups is 2. The van der Waals surface area contributed by atoms with Gasteiger partial charge in [-0.1, -0.05) is 0 Å². The van der Waals surface area contributed by atoms with Gasteiger partial charge in [-0.2, -0.15) is 43.9 Å². The molecule has 1 aromatic carbocycles. The minimum Gasteiger partial charge on any atom is -0.423 e. The largest absolute Gasteiger partial charge is 0.465 e. The molecule has 6 nitrogen and oxygen atoms in total. The van der Waals surface area contributed by atoms with Crippen molar-refractivity contribution in [2.24, 2.45) is 0 Å². The zero-order valence-electron chi connectivity index (χ0n) is 14.0. The number of carbonyl (C=O) groups excluding carboxylic acids is 2. The van der Waals surface area contributed by atoms with Crippen molar-refractivity contribution < 1.29 is 67.4 Å². The van der Waals surface area contributed by atoms with E-state index in [2.05, 4.69) is 13.9 Å². The van der Waals surface area contributed by atoms with E-state index in [0.29, 0.717) is 12.1 Å². The third-order valence-corrected chi connectivity index (χ3v) is 3.32. The smallest absolute Gasteiger partial charge is 0.423 e. The molecule has 0 unspecified atom stereocenters. The second-order valence-electron chi connectivity index (χ2n) is 5.51. The molecule has 16 heteroatoms. The molecular formula is C15H4F10O6. The number of halogens is 10. The molecule has 31 heavy (non-hydrogen) atoms. The van der Waals surface area contributed by atoms with Gasteiger partial charge in [0.15, 0.2) is 11.5 Å². The highest BCUT2D eigenvalue weighted by molar-refractivity contribution is 5.88. The van der Waals surface area contributed by atoms with E-state index >= 15 is 0 Å². The highest BCUT2D eigenvalue weighted by Gasteiger charge is 2.66. The predicted octanol–water partition coefficient (Wildman–Crippen LogP) is 4.00. The molecule has 0 aliphatic carbocycles. The van der Waals surface area contributed by atoms with Crippen LogP contribution < -0.4 is 15.1 Å². The molecule has 2 rings (SSSR count). The summed E-state index contributed by atoms with van der Waals surface area (Å²) in [6, 6.07) is 2.02. The summed E-state index contributed by atoms with van der Waals surface area (Å²) in [4.78, 5) is 33.6. The molecule has 0 spiro atoms. The number of fused-ring (bicyclic) bond motifs is 1. The van der Waals surface area contributed by atoms with Gasteiger partial charge < -0.3 is 13.9 Å². The van der Waals surface area contributed by atoms with E-state index in [1.807, 2.05) is 0 Å². The van der Waals surface area contributed by atoms with Gasteiger partial charge in [-0.3, -0.25) is 0 Å². The van der Waals surface area contributed by atoms with Crippen LogP contribution in [0.2, 0.25) is 0 Å². The first-order chi connectivity index (χ1) is 13.9. The van der Waals surface area contributed by atoms with Crippen LogP contribution >= 0.6 is 0 Å². The van der Waals surface area contributed by atoms with Crippen molar-refractivity contribution in [3.05, 3.63) is 34.7 Å². The molecule has 1 heterocycles. The van der Waals surface area contributed by atoms with E-state index < -0.39 is 58.8 Å². The van der Waals surface area contributed by atoms with E-state index in [0.717, 1.165) is 6.07 Å². The van der Waals surface area contributed by atoms with Crippen LogP contribution in [0.4, 0.5) is 43.9 Å². The van der Waals surface area contributed by atoms with Gasteiger partial charge >= 0.3 is 41.8 Å². The van der Waals surface area contributed by atoms with Crippen molar-refractivity contribution in [1.29, 1.82) is 0 Å². The fourth-order valence-corrected chi connectivity index (χ4v) is 1.79. The van der Waals surface area contributed by atoms with E-state index in [-0.39, 0.29) is 11.5 Å². The van der Waals surface area contributed by atoms with Gasteiger partial charge in [0.05, 0.1) is 0 Å². The van der Waals surface area contributed by atoms with E-state index in [1.165, 1.54) is 0 Å². The van der Waals surface area contributed by atoms with Crippen molar-refractivity contribution >= 4 is 22.9 Å². The summed E-state index contributed by atoms with van der Waals surface area (Å²) in [6.45, 7) is 0. The van der Waals surface area contributed by atoms with Crippen LogP contribution in [0.15, 0.2) is 33.5 Å². The SMILES string of the molecule is O=C(Oc1cc2ccc(=O)oc2cc1OC(=O)C(F)(F)C(F)(F)F)C(F)(F)C(F)(F)F. The maximum atomic E-state index is 13.1. The van der Waals surface area contributed by atoms with Crippen molar-refractivity contribution in [3.63, 3.8) is 0 Å². The number of hydrogen-bond donors (Lipinski definition) is 0. The second kappa shape index (κ2) is 7.42. The van der Waals surface area contributed by atoms with Gasteiger partial charge in [-0.25, -0.2) is 14.4 Å². The summed E-state index contributed by atoms with van der Waals surface area (Å²) in [7, 11) is 0. The van der Waals surface area contributed by atoms with Gasteiger partial charge in [-0.05, 0) is 12.1 Å². The molecule has 2 aromatic rings. The number of rotatable bonds is 4. The number of benzene rings is 1. The summed E-state index contributed by atoms with van der Waals surface area (Å²) in [5, 5.41) is -0.389. The average molecular weight is 470 g/mol. The first-order valence-electron chi connectivity index (χ1n) is 7.29. The first-order valence-corrected chi connectivity index (χ1v) is 7.29. The Balaban J connectivity index is 2.57. The zero-order valence-corrected chi connectivity index (χ0v) is 14.0. The number of hydrogen-bond acceptors (Lipinski definition) is 6. The Morgan fingerprint density at radius 2 is 1.13 bits per heavy atom. The molecule has 0 atom stereocenters. The van der Waals surface area contributed by atoms with Crippen LogP contribution in [0.1, 0.15) is 0 Å². The third-order valence-electron chi connectivity index (χ3n) is 3.32. The Bertz CT molecular complexity index is 1080. The van der Waals surface area contributed by atoms with Gasteiger partial charge in [0.1, 0.15) is 5.58 Å². The summed E-state index contributed by atoms with van der Waals surface area (Å²) in [6.07, 6.45) is -12.9. The molecule has 0 fully saturated rings. The number of esters is 2. The summed E-state index contributed by atoms with van der Waals surface area (Å²) < 4.78 is 138. The lowest BCUT2D eigenvalue weighted by Crippen LogP contribution is -2.47. The Morgan fingerprint density at radius 3 is 1.55 bits per heavy atom. The van der Waals surface area contributed by atoms with Crippen LogP contribution in [0, 0.1) is 0 Å². The Morgan fingerprint density at radius 1 is 0.710 bits per heavy atom. The van der Waals surface area contributed by atoms with Crippen molar-refractivity contribution in [3.8, 4) is 11.5 Å². The van der Waals surface area contributed by atoms with Crippen molar-refractivity contribution in [2.75, 3.05) is 0 Å². The fourth-order valence-electron chi connectivity index (χ4n) is 1.79.